The van der Waals surface area contributed by atoms with Gasteiger partial charge >= 0.3 is 0 Å². The number of carbonyl (C=O) groups is 1. The summed E-state index contributed by atoms with van der Waals surface area (Å²) in [5.74, 6) is -0.149. The number of aromatic nitrogens is 1. The van der Waals surface area contributed by atoms with Crippen LogP contribution in [-0.2, 0) is 0 Å². The number of pyridine rings is 1. The van der Waals surface area contributed by atoms with Crippen LogP contribution in [0.1, 0.15) is 15.9 Å². The van der Waals surface area contributed by atoms with Crippen LogP contribution in [0, 0.1) is 17.0 Å². The van der Waals surface area contributed by atoms with Gasteiger partial charge in [-0.3, -0.25) is 19.9 Å². The molecule has 2 aromatic rings. The number of non-ortho nitro benzene ring substituents is 1. The van der Waals surface area contributed by atoms with E-state index >= 15 is 0 Å². The first kappa shape index (κ1) is 14.4. The molecule has 0 amide bonds. The maximum atomic E-state index is 11.8. The first-order valence-electron chi connectivity index (χ1n) is 6.20. The molecule has 0 spiro atoms. The van der Waals surface area contributed by atoms with Crippen LogP contribution in [-0.4, -0.2) is 15.7 Å². The Morgan fingerprint density at radius 3 is 2.62 bits per heavy atom. The average molecular weight is 283 g/mol. The molecule has 0 fully saturated rings. The molecule has 0 atom stereocenters. The van der Waals surface area contributed by atoms with Crippen molar-refractivity contribution in [3.63, 3.8) is 0 Å². The van der Waals surface area contributed by atoms with E-state index in [1.54, 1.807) is 37.5 Å². The minimum atomic E-state index is -0.445. The highest BCUT2D eigenvalue weighted by Crippen LogP contribution is 2.21. The van der Waals surface area contributed by atoms with Crippen LogP contribution >= 0.6 is 0 Å². The number of nitro benzene ring substituents is 1. The molecule has 1 N–H and O–H groups in total. The molecule has 21 heavy (non-hydrogen) atoms. The lowest BCUT2D eigenvalue weighted by atomic mass is 10.1. The Balaban J connectivity index is 2.05. The standard InChI is InChI=1S/C15H13N3O3/c1-11-10-13(18(20)21)2-3-14(11)17-9-6-15(19)12-4-7-16-8-5-12/h2-10,17H,1H3. The van der Waals surface area contributed by atoms with Crippen LogP contribution < -0.4 is 5.32 Å². The van der Waals surface area contributed by atoms with Crippen molar-refractivity contribution < 1.29 is 9.72 Å². The molecule has 0 radical (unpaired) electrons. The third-order valence-corrected chi connectivity index (χ3v) is 2.86. The van der Waals surface area contributed by atoms with Crippen molar-refractivity contribution in [3.05, 3.63) is 76.2 Å². The predicted molar refractivity (Wildman–Crippen MR) is 79.2 cm³/mol. The largest absolute Gasteiger partial charge is 0.361 e. The minimum Gasteiger partial charge on any atom is -0.361 e. The van der Waals surface area contributed by atoms with Crippen molar-refractivity contribution in [2.75, 3.05) is 5.32 Å². The van der Waals surface area contributed by atoms with Crippen molar-refractivity contribution in [2.24, 2.45) is 0 Å². The van der Waals surface area contributed by atoms with Crippen LogP contribution in [0.2, 0.25) is 0 Å². The third-order valence-electron chi connectivity index (χ3n) is 2.86. The molecule has 0 aliphatic rings. The highest BCUT2D eigenvalue weighted by Gasteiger charge is 2.07. The number of nitrogens with one attached hydrogen (secondary N) is 1. The molecule has 6 heteroatoms. The van der Waals surface area contributed by atoms with Gasteiger partial charge in [-0.05, 0) is 30.7 Å². The van der Waals surface area contributed by atoms with Gasteiger partial charge < -0.3 is 5.32 Å². The van der Waals surface area contributed by atoms with E-state index in [1.807, 2.05) is 0 Å². The van der Waals surface area contributed by atoms with Gasteiger partial charge in [-0.15, -0.1) is 0 Å². The van der Waals surface area contributed by atoms with Crippen LogP contribution in [0.15, 0.2) is 55.0 Å². The fourth-order valence-electron chi connectivity index (χ4n) is 1.74. The lowest BCUT2D eigenvalue weighted by Crippen LogP contribution is -1.97. The number of anilines is 1. The highest BCUT2D eigenvalue weighted by molar-refractivity contribution is 6.04. The Bertz CT molecular complexity index is 697. The van der Waals surface area contributed by atoms with E-state index in [2.05, 4.69) is 10.3 Å². The molecular formula is C15H13N3O3. The van der Waals surface area contributed by atoms with Crippen molar-refractivity contribution in [2.45, 2.75) is 6.92 Å². The molecular weight excluding hydrogens is 270 g/mol. The summed E-state index contributed by atoms with van der Waals surface area (Å²) >= 11 is 0. The van der Waals surface area contributed by atoms with Gasteiger partial charge in [-0.2, -0.15) is 0 Å². The SMILES string of the molecule is Cc1cc([N+](=O)[O-])ccc1NC=CC(=O)c1ccncc1. The zero-order valence-electron chi connectivity index (χ0n) is 11.3. The van der Waals surface area contributed by atoms with E-state index < -0.39 is 4.92 Å². The fraction of sp³-hybridized carbons (Fsp3) is 0.0667. The number of rotatable bonds is 5. The zero-order chi connectivity index (χ0) is 15.2. The monoisotopic (exact) mass is 283 g/mol. The average Bonchev–Trinajstić information content (AvgIpc) is 2.49. The maximum Gasteiger partial charge on any atom is 0.269 e. The first-order valence-corrected chi connectivity index (χ1v) is 6.20. The van der Waals surface area contributed by atoms with Gasteiger partial charge in [0.25, 0.3) is 5.69 Å². The molecule has 1 aromatic carbocycles. The molecule has 1 aromatic heterocycles. The number of ketones is 1. The number of allylic oxidation sites excluding steroid dienone is 1. The topological polar surface area (TPSA) is 85.1 Å². The second kappa shape index (κ2) is 6.42. The van der Waals surface area contributed by atoms with Crippen molar-refractivity contribution in [1.29, 1.82) is 0 Å². The fourth-order valence-corrected chi connectivity index (χ4v) is 1.74. The number of nitrogens with zero attached hydrogens (tertiary/aromatic N) is 2. The smallest absolute Gasteiger partial charge is 0.269 e. The van der Waals surface area contributed by atoms with Crippen molar-refractivity contribution >= 4 is 17.2 Å². The summed E-state index contributed by atoms with van der Waals surface area (Å²) < 4.78 is 0. The number of aryl methyl sites for hydroxylation is 1. The van der Waals surface area contributed by atoms with Gasteiger partial charge in [0.05, 0.1) is 4.92 Å². The predicted octanol–water partition coefficient (Wildman–Crippen LogP) is 3.11. The summed E-state index contributed by atoms with van der Waals surface area (Å²) in [5.41, 5.74) is 2.02. The Morgan fingerprint density at radius 2 is 2.00 bits per heavy atom. The summed E-state index contributed by atoms with van der Waals surface area (Å²) in [6, 6.07) is 7.75. The second-order valence-corrected chi connectivity index (χ2v) is 4.33. The molecule has 2 rings (SSSR count). The van der Waals surface area contributed by atoms with E-state index in [-0.39, 0.29) is 11.5 Å². The van der Waals surface area contributed by atoms with E-state index in [0.717, 1.165) is 5.56 Å². The number of hydrogen-bond donors (Lipinski definition) is 1. The summed E-state index contributed by atoms with van der Waals surface area (Å²) in [4.78, 5) is 25.9. The molecule has 6 nitrogen and oxygen atoms in total. The molecule has 0 aliphatic carbocycles. The van der Waals surface area contributed by atoms with E-state index in [9.17, 15) is 14.9 Å². The lowest BCUT2D eigenvalue weighted by Gasteiger charge is -2.04. The number of nitro groups is 1. The van der Waals surface area contributed by atoms with Crippen molar-refractivity contribution in [1.82, 2.24) is 4.98 Å². The molecule has 0 saturated carbocycles. The lowest BCUT2D eigenvalue weighted by molar-refractivity contribution is -0.384. The van der Waals surface area contributed by atoms with E-state index in [0.29, 0.717) is 11.3 Å². The zero-order valence-corrected chi connectivity index (χ0v) is 11.3. The normalized spacial score (nSPS) is 10.5. The van der Waals surface area contributed by atoms with Gasteiger partial charge in [-0.25, -0.2) is 0 Å². The summed E-state index contributed by atoms with van der Waals surface area (Å²) in [7, 11) is 0. The van der Waals surface area contributed by atoms with Crippen molar-refractivity contribution in [3.8, 4) is 0 Å². The number of benzene rings is 1. The summed E-state index contributed by atoms with van der Waals surface area (Å²) in [5, 5.41) is 13.6. The van der Waals surface area contributed by atoms with Crippen LogP contribution in [0.5, 0.6) is 0 Å². The van der Waals surface area contributed by atoms with Crippen LogP contribution in [0.4, 0.5) is 11.4 Å². The molecule has 0 aliphatic heterocycles. The summed E-state index contributed by atoms with van der Waals surface area (Å²) in [6.45, 7) is 1.76. The van der Waals surface area contributed by atoms with Gasteiger partial charge in [0, 0.05) is 48.1 Å². The Kier molecular flexibility index (Phi) is 4.40. The van der Waals surface area contributed by atoms with Gasteiger partial charge in [-0.1, -0.05) is 0 Å². The molecule has 1 heterocycles. The summed E-state index contributed by atoms with van der Waals surface area (Å²) in [6.07, 6.45) is 6.01. The highest BCUT2D eigenvalue weighted by atomic mass is 16.6. The van der Waals surface area contributed by atoms with Gasteiger partial charge in [0.2, 0.25) is 0 Å². The Morgan fingerprint density at radius 1 is 1.29 bits per heavy atom. The van der Waals surface area contributed by atoms with Gasteiger partial charge in [0.15, 0.2) is 5.78 Å². The van der Waals surface area contributed by atoms with Crippen LogP contribution in [0.3, 0.4) is 0 Å². The molecule has 0 unspecified atom stereocenters. The molecule has 106 valence electrons. The Labute approximate surface area is 121 Å². The maximum absolute atomic E-state index is 11.8. The number of carbonyl (C=O) groups excluding carboxylic acids is 1. The first-order chi connectivity index (χ1) is 10.1. The van der Waals surface area contributed by atoms with Crippen LogP contribution in [0.25, 0.3) is 0 Å². The van der Waals surface area contributed by atoms with Gasteiger partial charge in [0.1, 0.15) is 0 Å². The number of hydrogen-bond acceptors (Lipinski definition) is 5. The third kappa shape index (κ3) is 3.73. The van der Waals surface area contributed by atoms with E-state index in [4.69, 9.17) is 0 Å². The molecule has 0 bridgehead atoms. The van der Waals surface area contributed by atoms with E-state index in [1.165, 1.54) is 24.4 Å². The quantitative estimate of drug-likeness (QED) is 0.394. The Hall–Kier alpha value is -3.02. The minimum absolute atomic E-state index is 0.0369. The second-order valence-electron chi connectivity index (χ2n) is 4.33. The molecule has 0 saturated heterocycles.